The van der Waals surface area contributed by atoms with Gasteiger partial charge in [0.2, 0.25) is 5.91 Å². The van der Waals surface area contributed by atoms with Crippen molar-refractivity contribution in [2.75, 3.05) is 13.1 Å². The van der Waals surface area contributed by atoms with E-state index >= 15 is 0 Å². The molecule has 2 unspecified atom stereocenters. The van der Waals surface area contributed by atoms with Crippen molar-refractivity contribution in [3.05, 3.63) is 0 Å². The summed E-state index contributed by atoms with van der Waals surface area (Å²) in [6, 6.07) is -0.453. The van der Waals surface area contributed by atoms with Crippen LogP contribution in [0.3, 0.4) is 0 Å². The number of likely N-dealkylation sites (tertiary alicyclic amines) is 1. The highest BCUT2D eigenvalue weighted by Gasteiger charge is 2.55. The molecule has 0 bridgehead atoms. The van der Waals surface area contributed by atoms with E-state index < -0.39 is 11.6 Å². The molecule has 6 nitrogen and oxygen atoms in total. The van der Waals surface area contributed by atoms with Gasteiger partial charge in [-0.3, -0.25) is 14.9 Å². The molecule has 1 saturated carbocycles. The zero-order chi connectivity index (χ0) is 13.8. The van der Waals surface area contributed by atoms with Crippen LogP contribution in [0.25, 0.3) is 0 Å². The number of nitrogens with one attached hydrogen (secondary N) is 2. The van der Waals surface area contributed by atoms with E-state index in [4.69, 9.17) is 0 Å². The molecule has 2 atom stereocenters. The van der Waals surface area contributed by atoms with Gasteiger partial charge < -0.3 is 10.2 Å². The molecule has 3 rings (SSSR count). The first-order valence-corrected chi connectivity index (χ1v) is 6.76. The van der Waals surface area contributed by atoms with E-state index in [-0.39, 0.29) is 23.1 Å². The topological polar surface area (TPSA) is 78.5 Å². The van der Waals surface area contributed by atoms with Crippen LogP contribution in [-0.4, -0.2) is 41.4 Å². The fourth-order valence-corrected chi connectivity index (χ4v) is 3.17. The summed E-state index contributed by atoms with van der Waals surface area (Å²) in [4.78, 5) is 37.3. The zero-order valence-electron chi connectivity index (χ0n) is 11.3. The first kappa shape index (κ1) is 12.4. The summed E-state index contributed by atoms with van der Waals surface area (Å²) < 4.78 is 0. The Morgan fingerprint density at radius 3 is 2.58 bits per heavy atom. The summed E-state index contributed by atoms with van der Waals surface area (Å²) in [5.41, 5.74) is -0.813. The van der Waals surface area contributed by atoms with Crippen LogP contribution in [0.15, 0.2) is 0 Å². The maximum absolute atomic E-state index is 12.4. The van der Waals surface area contributed by atoms with Gasteiger partial charge in [0.1, 0.15) is 5.54 Å². The lowest BCUT2D eigenvalue weighted by molar-refractivity contribution is -0.137. The molecule has 3 fully saturated rings. The minimum atomic E-state index is -0.899. The summed E-state index contributed by atoms with van der Waals surface area (Å²) in [5, 5.41) is 4.96. The molecule has 0 aromatic carbocycles. The van der Waals surface area contributed by atoms with Crippen molar-refractivity contribution in [2.45, 2.75) is 38.6 Å². The van der Waals surface area contributed by atoms with Crippen molar-refractivity contribution in [1.29, 1.82) is 0 Å². The Kier molecular flexibility index (Phi) is 2.43. The Morgan fingerprint density at radius 1 is 1.37 bits per heavy atom. The number of carbonyl (C=O) groups is 3. The van der Waals surface area contributed by atoms with Crippen molar-refractivity contribution in [3.63, 3.8) is 0 Å². The molecule has 4 amide bonds. The highest BCUT2D eigenvalue weighted by Crippen LogP contribution is 2.52. The Balaban J connectivity index is 1.74. The normalized spacial score (nSPS) is 36.1. The highest BCUT2D eigenvalue weighted by molar-refractivity contribution is 6.07. The van der Waals surface area contributed by atoms with Gasteiger partial charge in [0, 0.05) is 12.5 Å². The van der Waals surface area contributed by atoms with E-state index in [1.807, 2.05) is 0 Å². The van der Waals surface area contributed by atoms with Gasteiger partial charge in [-0.2, -0.15) is 0 Å². The number of carbonyl (C=O) groups excluding carboxylic acids is 3. The Morgan fingerprint density at radius 2 is 2.05 bits per heavy atom. The van der Waals surface area contributed by atoms with Gasteiger partial charge in [0.25, 0.3) is 5.91 Å². The first-order chi connectivity index (χ1) is 8.84. The van der Waals surface area contributed by atoms with Crippen LogP contribution in [-0.2, 0) is 9.59 Å². The van der Waals surface area contributed by atoms with Crippen LogP contribution in [0.2, 0.25) is 0 Å². The van der Waals surface area contributed by atoms with Gasteiger partial charge in [-0.15, -0.1) is 0 Å². The number of hydrogen-bond acceptors (Lipinski definition) is 3. The van der Waals surface area contributed by atoms with Gasteiger partial charge in [-0.1, -0.05) is 13.8 Å². The lowest BCUT2D eigenvalue weighted by Gasteiger charge is -2.38. The number of urea groups is 1. The molecule has 0 radical (unpaired) electrons. The maximum atomic E-state index is 12.4. The number of piperidine rings is 1. The average molecular weight is 265 g/mol. The van der Waals surface area contributed by atoms with Crippen LogP contribution in [0.5, 0.6) is 0 Å². The van der Waals surface area contributed by atoms with Gasteiger partial charge in [0.15, 0.2) is 0 Å². The summed E-state index contributed by atoms with van der Waals surface area (Å²) >= 11 is 0. The summed E-state index contributed by atoms with van der Waals surface area (Å²) in [5.74, 6) is -0.106. The Bertz CT molecular complexity index is 474. The number of imide groups is 1. The van der Waals surface area contributed by atoms with Crippen LogP contribution in [0.4, 0.5) is 4.79 Å². The van der Waals surface area contributed by atoms with E-state index in [0.29, 0.717) is 19.5 Å². The largest absolute Gasteiger partial charge is 0.340 e. The fraction of sp³-hybridized carbons (Fsp3) is 0.769. The molecule has 1 aliphatic carbocycles. The van der Waals surface area contributed by atoms with Crippen molar-refractivity contribution in [1.82, 2.24) is 15.5 Å². The molecular weight excluding hydrogens is 246 g/mol. The standard InChI is InChI=1S/C13H19N3O3/c1-12(2)6-8(12)9(17)16-5-3-4-13(7-16)10(18)14-11(19)15-13/h8H,3-7H2,1-2H3,(H2,14,15,18,19). The second kappa shape index (κ2) is 3.71. The third-order valence-electron chi connectivity index (χ3n) is 4.63. The van der Waals surface area contributed by atoms with Crippen molar-refractivity contribution in [2.24, 2.45) is 11.3 Å². The maximum Gasteiger partial charge on any atom is 0.322 e. The van der Waals surface area contributed by atoms with Gasteiger partial charge in [-0.25, -0.2) is 4.79 Å². The molecular formula is C13H19N3O3. The molecule has 3 aliphatic rings. The Hall–Kier alpha value is -1.59. The SMILES string of the molecule is CC1(C)CC1C(=O)N1CCCC2(C1)NC(=O)NC2=O. The third kappa shape index (κ3) is 1.89. The molecule has 1 spiro atoms. The van der Waals surface area contributed by atoms with Crippen LogP contribution < -0.4 is 10.6 Å². The quantitative estimate of drug-likeness (QED) is 0.666. The number of nitrogens with zero attached hydrogens (tertiary/aromatic N) is 1. The van der Waals surface area contributed by atoms with E-state index in [2.05, 4.69) is 24.5 Å². The summed E-state index contributed by atoms with van der Waals surface area (Å²) in [6.45, 7) is 5.14. The van der Waals surface area contributed by atoms with E-state index in [1.165, 1.54) is 0 Å². The lowest BCUT2D eigenvalue weighted by Crippen LogP contribution is -2.59. The summed E-state index contributed by atoms with van der Waals surface area (Å²) in [7, 11) is 0. The fourth-order valence-electron chi connectivity index (χ4n) is 3.17. The van der Waals surface area contributed by atoms with Gasteiger partial charge >= 0.3 is 6.03 Å². The second-order valence-corrected chi connectivity index (χ2v) is 6.60. The molecule has 2 heterocycles. The molecule has 2 N–H and O–H groups in total. The predicted octanol–water partition coefficient (Wildman–Crippen LogP) is 0.233. The predicted molar refractivity (Wildman–Crippen MR) is 67.1 cm³/mol. The molecule has 0 aromatic rings. The molecule has 6 heteroatoms. The van der Waals surface area contributed by atoms with Gasteiger partial charge in [-0.05, 0) is 24.7 Å². The lowest BCUT2D eigenvalue weighted by atomic mass is 9.89. The highest BCUT2D eigenvalue weighted by atomic mass is 16.2. The number of amides is 4. The smallest absolute Gasteiger partial charge is 0.322 e. The molecule has 2 aliphatic heterocycles. The molecule has 2 saturated heterocycles. The minimum absolute atomic E-state index is 0.0721. The first-order valence-electron chi connectivity index (χ1n) is 6.76. The molecule has 104 valence electrons. The van der Waals surface area contributed by atoms with Crippen LogP contribution in [0, 0.1) is 11.3 Å². The molecule has 0 aromatic heterocycles. The average Bonchev–Trinajstić information content (AvgIpc) is 2.88. The monoisotopic (exact) mass is 265 g/mol. The molecule has 19 heavy (non-hydrogen) atoms. The van der Waals surface area contributed by atoms with E-state index in [1.54, 1.807) is 4.90 Å². The van der Waals surface area contributed by atoms with Crippen molar-refractivity contribution >= 4 is 17.8 Å². The number of hydrogen-bond donors (Lipinski definition) is 2. The third-order valence-corrected chi connectivity index (χ3v) is 4.63. The van der Waals surface area contributed by atoms with Crippen molar-refractivity contribution < 1.29 is 14.4 Å². The van der Waals surface area contributed by atoms with Crippen LogP contribution >= 0.6 is 0 Å². The summed E-state index contributed by atoms with van der Waals surface area (Å²) in [6.07, 6.45) is 2.25. The number of rotatable bonds is 1. The van der Waals surface area contributed by atoms with E-state index in [0.717, 1.165) is 12.8 Å². The zero-order valence-corrected chi connectivity index (χ0v) is 11.3. The minimum Gasteiger partial charge on any atom is -0.340 e. The Labute approximate surface area is 111 Å². The van der Waals surface area contributed by atoms with E-state index in [9.17, 15) is 14.4 Å². The second-order valence-electron chi connectivity index (χ2n) is 6.60. The van der Waals surface area contributed by atoms with Crippen LogP contribution in [0.1, 0.15) is 33.1 Å². The van der Waals surface area contributed by atoms with Gasteiger partial charge in [0.05, 0.1) is 6.54 Å². The van der Waals surface area contributed by atoms with Crippen molar-refractivity contribution in [3.8, 4) is 0 Å².